The first-order chi connectivity index (χ1) is 9.69. The zero-order valence-electron chi connectivity index (χ0n) is 10.8. The van der Waals surface area contributed by atoms with Gasteiger partial charge in [-0.05, 0) is 6.07 Å². The normalized spacial score (nSPS) is 14.2. The highest BCUT2D eigenvalue weighted by Gasteiger charge is 2.20. The average molecular weight is 274 g/mol. The maximum atomic E-state index is 10.8. The Hall–Kier alpha value is -2.41. The molecule has 0 aliphatic carbocycles. The summed E-state index contributed by atoms with van der Waals surface area (Å²) in [5.74, 6) is 0.957. The molecule has 104 valence electrons. The fraction of sp³-hybridized carbons (Fsp3) is 0.308. The van der Waals surface area contributed by atoms with E-state index in [1.54, 1.807) is 12.3 Å². The molecule has 0 amide bonds. The number of benzene rings is 1. The Morgan fingerprint density at radius 3 is 3.00 bits per heavy atom. The van der Waals surface area contributed by atoms with E-state index in [2.05, 4.69) is 14.5 Å². The summed E-state index contributed by atoms with van der Waals surface area (Å²) in [4.78, 5) is 16.7. The lowest BCUT2D eigenvalue weighted by molar-refractivity contribution is -0.384. The van der Waals surface area contributed by atoms with Crippen LogP contribution in [0.15, 0.2) is 30.6 Å². The van der Waals surface area contributed by atoms with Crippen molar-refractivity contribution in [3.63, 3.8) is 0 Å². The molecule has 0 bridgehead atoms. The van der Waals surface area contributed by atoms with Crippen LogP contribution in [0.5, 0.6) is 0 Å². The molecule has 0 saturated carbocycles. The number of aliphatic hydroxyl groups excluding tert-OH is 1. The van der Waals surface area contributed by atoms with Crippen LogP contribution >= 0.6 is 0 Å². The van der Waals surface area contributed by atoms with Gasteiger partial charge in [-0.15, -0.1) is 0 Å². The topological polar surface area (TPSA) is 84.4 Å². The van der Waals surface area contributed by atoms with E-state index in [0.29, 0.717) is 12.1 Å². The standard InChI is InChI=1S/C13H14N4O3/c18-9-10-7-11(17(19)20)1-2-12(10)16-6-5-15-4-3-14-13(15)8-16/h1-4,7,18H,5-6,8-9H2. The van der Waals surface area contributed by atoms with E-state index in [9.17, 15) is 15.2 Å². The number of aliphatic hydroxyl groups is 1. The van der Waals surface area contributed by atoms with Gasteiger partial charge in [0.05, 0.1) is 18.1 Å². The van der Waals surface area contributed by atoms with Crippen LogP contribution in [0.4, 0.5) is 11.4 Å². The summed E-state index contributed by atoms with van der Waals surface area (Å²) in [6.07, 6.45) is 3.71. The van der Waals surface area contributed by atoms with Crippen LogP contribution in [-0.2, 0) is 19.7 Å². The largest absolute Gasteiger partial charge is 0.392 e. The first-order valence-corrected chi connectivity index (χ1v) is 6.32. The first-order valence-electron chi connectivity index (χ1n) is 6.32. The number of hydrogen-bond donors (Lipinski definition) is 1. The van der Waals surface area contributed by atoms with Crippen molar-refractivity contribution in [2.75, 3.05) is 11.4 Å². The summed E-state index contributed by atoms with van der Waals surface area (Å²) in [6, 6.07) is 4.59. The van der Waals surface area contributed by atoms with Crippen LogP contribution < -0.4 is 4.90 Å². The summed E-state index contributed by atoms with van der Waals surface area (Å²) in [7, 11) is 0. The van der Waals surface area contributed by atoms with Gasteiger partial charge in [-0.25, -0.2) is 4.98 Å². The van der Waals surface area contributed by atoms with Crippen LogP contribution in [0.3, 0.4) is 0 Å². The van der Waals surface area contributed by atoms with Crippen molar-refractivity contribution in [1.82, 2.24) is 9.55 Å². The van der Waals surface area contributed by atoms with Crippen molar-refractivity contribution in [2.24, 2.45) is 0 Å². The number of imidazole rings is 1. The van der Waals surface area contributed by atoms with E-state index in [0.717, 1.165) is 24.6 Å². The third kappa shape index (κ3) is 2.12. The summed E-state index contributed by atoms with van der Waals surface area (Å²) in [5.41, 5.74) is 1.39. The highest BCUT2D eigenvalue weighted by Crippen LogP contribution is 2.28. The maximum absolute atomic E-state index is 10.8. The zero-order valence-corrected chi connectivity index (χ0v) is 10.8. The maximum Gasteiger partial charge on any atom is 0.269 e. The average Bonchev–Trinajstić information content (AvgIpc) is 2.93. The Labute approximate surface area is 115 Å². The van der Waals surface area contributed by atoms with Gasteiger partial charge in [-0.3, -0.25) is 10.1 Å². The molecule has 1 N–H and O–H groups in total. The number of fused-ring (bicyclic) bond motifs is 1. The van der Waals surface area contributed by atoms with Gasteiger partial charge in [-0.2, -0.15) is 0 Å². The molecule has 1 aromatic heterocycles. The van der Waals surface area contributed by atoms with Gasteiger partial charge < -0.3 is 14.6 Å². The fourth-order valence-electron chi connectivity index (χ4n) is 2.50. The fourth-order valence-corrected chi connectivity index (χ4v) is 2.50. The van der Waals surface area contributed by atoms with Gasteiger partial charge in [0.2, 0.25) is 0 Å². The Morgan fingerprint density at radius 1 is 1.40 bits per heavy atom. The molecule has 1 aliphatic heterocycles. The van der Waals surface area contributed by atoms with Gasteiger partial charge in [0.25, 0.3) is 5.69 Å². The second kappa shape index (κ2) is 4.93. The SMILES string of the molecule is O=[N+]([O-])c1ccc(N2CCn3ccnc3C2)c(CO)c1. The van der Waals surface area contributed by atoms with E-state index < -0.39 is 4.92 Å². The minimum atomic E-state index is -0.453. The number of rotatable bonds is 3. The summed E-state index contributed by atoms with van der Waals surface area (Å²) < 4.78 is 2.08. The predicted molar refractivity (Wildman–Crippen MR) is 72.3 cm³/mol. The molecular weight excluding hydrogens is 260 g/mol. The molecule has 1 aromatic carbocycles. The van der Waals surface area contributed by atoms with Crippen molar-refractivity contribution in [3.8, 4) is 0 Å². The van der Waals surface area contributed by atoms with Crippen LogP contribution in [0, 0.1) is 10.1 Å². The molecule has 7 heteroatoms. The molecular formula is C13H14N4O3. The first kappa shape index (κ1) is 12.6. The highest BCUT2D eigenvalue weighted by atomic mass is 16.6. The van der Waals surface area contributed by atoms with Gasteiger partial charge in [-0.1, -0.05) is 0 Å². The number of aromatic nitrogens is 2. The zero-order chi connectivity index (χ0) is 14.1. The molecule has 7 nitrogen and oxygen atoms in total. The summed E-state index contributed by atoms with van der Waals surface area (Å²) in [6.45, 7) is 2.02. The Morgan fingerprint density at radius 2 is 2.25 bits per heavy atom. The molecule has 0 unspecified atom stereocenters. The van der Waals surface area contributed by atoms with Gasteiger partial charge >= 0.3 is 0 Å². The molecule has 2 heterocycles. The van der Waals surface area contributed by atoms with E-state index in [4.69, 9.17) is 0 Å². The van der Waals surface area contributed by atoms with Gasteiger partial charge in [0.15, 0.2) is 0 Å². The van der Waals surface area contributed by atoms with Crippen LogP contribution in [0.1, 0.15) is 11.4 Å². The third-order valence-corrected chi connectivity index (χ3v) is 3.53. The lowest BCUT2D eigenvalue weighted by Gasteiger charge is -2.30. The van der Waals surface area contributed by atoms with Crippen LogP contribution in [-0.4, -0.2) is 26.1 Å². The Bertz CT molecular complexity index is 653. The second-order valence-electron chi connectivity index (χ2n) is 4.69. The monoisotopic (exact) mass is 274 g/mol. The van der Waals surface area contributed by atoms with Crippen molar-refractivity contribution < 1.29 is 10.0 Å². The molecule has 0 saturated heterocycles. The van der Waals surface area contributed by atoms with Crippen molar-refractivity contribution in [2.45, 2.75) is 19.7 Å². The summed E-state index contributed by atoms with van der Waals surface area (Å²) in [5, 5.41) is 20.2. The minimum absolute atomic E-state index is 0.00342. The molecule has 0 fully saturated rings. The van der Waals surface area contributed by atoms with Crippen LogP contribution in [0.2, 0.25) is 0 Å². The van der Waals surface area contributed by atoms with E-state index in [1.807, 2.05) is 6.20 Å². The van der Waals surface area contributed by atoms with Gasteiger partial charge in [0.1, 0.15) is 5.82 Å². The van der Waals surface area contributed by atoms with Crippen molar-refractivity contribution in [1.29, 1.82) is 0 Å². The number of nitro benzene ring substituents is 1. The molecule has 1 aliphatic rings. The smallest absolute Gasteiger partial charge is 0.269 e. The molecule has 20 heavy (non-hydrogen) atoms. The second-order valence-corrected chi connectivity index (χ2v) is 4.69. The molecule has 0 spiro atoms. The van der Waals surface area contributed by atoms with Gasteiger partial charge in [0, 0.05) is 48.9 Å². The highest BCUT2D eigenvalue weighted by molar-refractivity contribution is 5.58. The van der Waals surface area contributed by atoms with E-state index in [-0.39, 0.29) is 12.3 Å². The quantitative estimate of drug-likeness (QED) is 0.673. The Kier molecular flexibility index (Phi) is 3.11. The number of nitrogens with zero attached hydrogens (tertiary/aromatic N) is 4. The van der Waals surface area contributed by atoms with Crippen LogP contribution in [0.25, 0.3) is 0 Å². The Balaban J connectivity index is 1.93. The third-order valence-electron chi connectivity index (χ3n) is 3.53. The lowest BCUT2D eigenvalue weighted by Crippen LogP contribution is -2.34. The number of anilines is 1. The summed E-state index contributed by atoms with van der Waals surface area (Å²) >= 11 is 0. The number of non-ortho nitro benzene ring substituents is 1. The minimum Gasteiger partial charge on any atom is -0.392 e. The molecule has 2 aromatic rings. The molecule has 3 rings (SSSR count). The van der Waals surface area contributed by atoms with E-state index >= 15 is 0 Å². The number of nitro groups is 1. The number of hydrogen-bond acceptors (Lipinski definition) is 5. The van der Waals surface area contributed by atoms with Crippen molar-refractivity contribution in [3.05, 3.63) is 52.1 Å². The lowest BCUT2D eigenvalue weighted by atomic mass is 10.1. The predicted octanol–water partition coefficient (Wildman–Crippen LogP) is 1.30. The van der Waals surface area contributed by atoms with E-state index in [1.165, 1.54) is 12.1 Å². The van der Waals surface area contributed by atoms with Crippen molar-refractivity contribution >= 4 is 11.4 Å². The molecule has 0 atom stereocenters. The molecule has 0 radical (unpaired) electrons.